The molecule has 1 amide bonds. The van der Waals surface area contributed by atoms with E-state index >= 15 is 0 Å². The number of amides is 1. The lowest BCUT2D eigenvalue weighted by Crippen LogP contribution is -2.35. The van der Waals surface area contributed by atoms with Gasteiger partial charge < -0.3 is 9.88 Å². The van der Waals surface area contributed by atoms with Crippen molar-refractivity contribution >= 4 is 16.8 Å². The maximum Gasteiger partial charge on any atom is 0.289 e. The van der Waals surface area contributed by atoms with Crippen LogP contribution in [0.3, 0.4) is 0 Å². The third kappa shape index (κ3) is 2.96. The molecule has 1 aliphatic heterocycles. The third-order valence-corrected chi connectivity index (χ3v) is 3.96. The normalized spacial score (nSPS) is 16.5. The fraction of sp³-hybridized carbons (Fsp3) is 0.438. The molecule has 0 atom stereocenters. The van der Waals surface area contributed by atoms with Gasteiger partial charge in [-0.3, -0.25) is 9.59 Å². The van der Waals surface area contributed by atoms with Crippen molar-refractivity contribution in [3.63, 3.8) is 0 Å². The van der Waals surface area contributed by atoms with Gasteiger partial charge in [0.15, 0.2) is 5.82 Å². The van der Waals surface area contributed by atoms with Crippen LogP contribution in [0, 0.1) is 0 Å². The second kappa shape index (κ2) is 6.08. The van der Waals surface area contributed by atoms with Gasteiger partial charge in [-0.1, -0.05) is 31.4 Å². The highest BCUT2D eigenvalue weighted by atomic mass is 16.2. The molecule has 0 radical (unpaired) electrons. The quantitative estimate of drug-likeness (QED) is 0.874. The number of nitrogens with one attached hydrogen (secondary N) is 1. The van der Waals surface area contributed by atoms with Crippen LogP contribution in [0.15, 0.2) is 29.1 Å². The number of likely N-dealkylation sites (tertiary alicyclic amines) is 1. The van der Waals surface area contributed by atoms with Crippen LogP contribution in [0.1, 0.15) is 42.7 Å². The van der Waals surface area contributed by atoms with Crippen molar-refractivity contribution in [1.82, 2.24) is 14.9 Å². The molecular formula is C16H19N3O2. The molecule has 1 saturated heterocycles. The first-order valence-corrected chi connectivity index (χ1v) is 7.54. The molecule has 1 N–H and O–H groups in total. The topological polar surface area (TPSA) is 66.1 Å². The molecule has 2 heterocycles. The van der Waals surface area contributed by atoms with Crippen LogP contribution in [0.25, 0.3) is 10.9 Å². The number of nitrogens with zero attached hydrogens (tertiary/aromatic N) is 2. The Labute approximate surface area is 123 Å². The number of hydrogen-bond donors (Lipinski definition) is 1. The van der Waals surface area contributed by atoms with Gasteiger partial charge in [0.2, 0.25) is 0 Å². The van der Waals surface area contributed by atoms with E-state index in [9.17, 15) is 9.59 Å². The molecule has 1 aromatic heterocycles. The number of benzene rings is 1. The number of aromatic amines is 1. The van der Waals surface area contributed by atoms with Crippen LogP contribution in [0.5, 0.6) is 0 Å². The maximum atomic E-state index is 12.6. The summed E-state index contributed by atoms with van der Waals surface area (Å²) in [5, 5.41) is 0.515. The first-order chi connectivity index (χ1) is 10.3. The van der Waals surface area contributed by atoms with Crippen molar-refractivity contribution in [2.24, 2.45) is 0 Å². The number of carbonyl (C=O) groups excluding carboxylic acids is 1. The highest BCUT2D eigenvalue weighted by Crippen LogP contribution is 2.13. The van der Waals surface area contributed by atoms with Gasteiger partial charge >= 0.3 is 0 Å². The first kappa shape index (κ1) is 13.8. The van der Waals surface area contributed by atoms with Crippen LogP contribution in [0.4, 0.5) is 0 Å². The average molecular weight is 285 g/mol. The number of para-hydroxylation sites is 1. The Hall–Kier alpha value is -2.17. The van der Waals surface area contributed by atoms with Gasteiger partial charge in [0.1, 0.15) is 0 Å². The van der Waals surface area contributed by atoms with Gasteiger partial charge in [0.25, 0.3) is 11.5 Å². The van der Waals surface area contributed by atoms with E-state index < -0.39 is 0 Å². The Kier molecular flexibility index (Phi) is 3.99. The number of aromatic nitrogens is 2. The second-order valence-corrected chi connectivity index (χ2v) is 5.49. The van der Waals surface area contributed by atoms with Crippen molar-refractivity contribution in [3.8, 4) is 0 Å². The van der Waals surface area contributed by atoms with Crippen molar-refractivity contribution in [2.45, 2.75) is 32.1 Å². The number of carbonyl (C=O) groups is 1. The molecule has 1 aromatic carbocycles. The van der Waals surface area contributed by atoms with Crippen LogP contribution in [-0.4, -0.2) is 33.9 Å². The van der Waals surface area contributed by atoms with Crippen molar-refractivity contribution in [1.29, 1.82) is 0 Å². The summed E-state index contributed by atoms with van der Waals surface area (Å²) >= 11 is 0. The van der Waals surface area contributed by atoms with Gasteiger partial charge in [-0.05, 0) is 25.0 Å². The zero-order valence-electron chi connectivity index (χ0n) is 12.0. The fourth-order valence-corrected chi connectivity index (χ4v) is 2.79. The van der Waals surface area contributed by atoms with Crippen molar-refractivity contribution < 1.29 is 4.79 Å². The summed E-state index contributed by atoms with van der Waals surface area (Å²) in [5.74, 6) is -0.0148. The lowest BCUT2D eigenvalue weighted by Gasteiger charge is -2.24. The molecular weight excluding hydrogens is 266 g/mol. The average Bonchev–Trinajstić information content (AvgIpc) is 2.46. The molecule has 0 saturated carbocycles. The predicted octanol–water partition coefficient (Wildman–Crippen LogP) is 2.33. The predicted molar refractivity (Wildman–Crippen MR) is 81.4 cm³/mol. The van der Waals surface area contributed by atoms with E-state index in [2.05, 4.69) is 9.97 Å². The van der Waals surface area contributed by atoms with E-state index in [4.69, 9.17) is 0 Å². The van der Waals surface area contributed by atoms with Crippen LogP contribution in [-0.2, 0) is 0 Å². The summed E-state index contributed by atoms with van der Waals surface area (Å²) in [6.45, 7) is 1.49. The second-order valence-electron chi connectivity index (χ2n) is 5.49. The Bertz CT molecular complexity index is 700. The zero-order chi connectivity index (χ0) is 14.7. The van der Waals surface area contributed by atoms with Gasteiger partial charge in [-0.15, -0.1) is 0 Å². The Morgan fingerprint density at radius 2 is 1.71 bits per heavy atom. The SMILES string of the molecule is O=C(c1nc2ccccc2c(=O)[nH]1)N1CCCCCCC1. The first-order valence-electron chi connectivity index (χ1n) is 7.54. The minimum Gasteiger partial charge on any atom is -0.336 e. The molecule has 0 bridgehead atoms. The maximum absolute atomic E-state index is 12.6. The summed E-state index contributed by atoms with van der Waals surface area (Å²) in [4.78, 5) is 33.4. The molecule has 110 valence electrons. The molecule has 21 heavy (non-hydrogen) atoms. The van der Waals surface area contributed by atoms with Crippen molar-refractivity contribution in [3.05, 3.63) is 40.4 Å². The fourth-order valence-electron chi connectivity index (χ4n) is 2.79. The third-order valence-electron chi connectivity index (χ3n) is 3.96. The highest BCUT2D eigenvalue weighted by Gasteiger charge is 2.19. The van der Waals surface area contributed by atoms with E-state index in [0.29, 0.717) is 10.9 Å². The Morgan fingerprint density at radius 3 is 2.48 bits per heavy atom. The largest absolute Gasteiger partial charge is 0.336 e. The number of H-pyrrole nitrogens is 1. The smallest absolute Gasteiger partial charge is 0.289 e. The minimum absolute atomic E-state index is 0.152. The molecule has 0 unspecified atom stereocenters. The van der Waals surface area contributed by atoms with Gasteiger partial charge in [0.05, 0.1) is 10.9 Å². The van der Waals surface area contributed by atoms with Crippen LogP contribution < -0.4 is 5.56 Å². The van der Waals surface area contributed by atoms with E-state index in [1.807, 2.05) is 11.0 Å². The van der Waals surface area contributed by atoms with E-state index in [1.165, 1.54) is 6.42 Å². The molecule has 1 fully saturated rings. The molecule has 1 aliphatic rings. The van der Waals surface area contributed by atoms with Gasteiger partial charge in [-0.2, -0.15) is 0 Å². The Morgan fingerprint density at radius 1 is 1.05 bits per heavy atom. The molecule has 5 nitrogen and oxygen atoms in total. The number of fused-ring (bicyclic) bond motifs is 1. The summed E-state index contributed by atoms with van der Waals surface area (Å²) in [5.41, 5.74) is 0.313. The summed E-state index contributed by atoms with van der Waals surface area (Å²) in [6.07, 6.45) is 5.59. The van der Waals surface area contributed by atoms with E-state index in [-0.39, 0.29) is 17.3 Å². The Balaban J connectivity index is 1.91. The monoisotopic (exact) mass is 285 g/mol. The standard InChI is InChI=1S/C16H19N3O2/c20-15-12-8-4-5-9-13(12)17-14(18-15)16(21)19-10-6-2-1-3-7-11-19/h4-5,8-9H,1-3,6-7,10-11H2,(H,17,18,20). The summed E-state index contributed by atoms with van der Waals surface area (Å²) < 4.78 is 0. The molecule has 3 rings (SSSR count). The molecule has 0 aliphatic carbocycles. The van der Waals surface area contributed by atoms with Gasteiger partial charge in [0, 0.05) is 13.1 Å². The number of rotatable bonds is 1. The summed E-state index contributed by atoms with van der Waals surface area (Å²) in [7, 11) is 0. The van der Waals surface area contributed by atoms with E-state index in [0.717, 1.165) is 38.8 Å². The van der Waals surface area contributed by atoms with Gasteiger partial charge in [-0.25, -0.2) is 4.98 Å². The molecule has 0 spiro atoms. The van der Waals surface area contributed by atoms with Crippen LogP contribution >= 0.6 is 0 Å². The zero-order valence-corrected chi connectivity index (χ0v) is 12.0. The minimum atomic E-state index is -0.254. The summed E-state index contributed by atoms with van der Waals surface area (Å²) in [6, 6.07) is 7.08. The van der Waals surface area contributed by atoms with Crippen molar-refractivity contribution in [2.75, 3.05) is 13.1 Å². The van der Waals surface area contributed by atoms with Crippen LogP contribution in [0.2, 0.25) is 0 Å². The lowest BCUT2D eigenvalue weighted by molar-refractivity contribution is 0.0730. The van der Waals surface area contributed by atoms with E-state index in [1.54, 1.807) is 18.2 Å². The lowest BCUT2D eigenvalue weighted by atomic mass is 10.1. The highest BCUT2D eigenvalue weighted by molar-refractivity contribution is 5.92. The molecule has 5 heteroatoms. The number of hydrogen-bond acceptors (Lipinski definition) is 3. The molecule has 2 aromatic rings.